The highest BCUT2D eigenvalue weighted by atomic mass is 16.1. The molecule has 1 N–H and O–H groups in total. The average molecular weight is 192 g/mol. The fraction of sp³-hybridized carbons (Fsp3) is 0.455. The SMILES string of the molecule is CNC(C)CCc1ncccc1C=O. The third-order valence-corrected chi connectivity index (χ3v) is 2.36. The summed E-state index contributed by atoms with van der Waals surface area (Å²) in [6.07, 6.45) is 4.43. The lowest BCUT2D eigenvalue weighted by Crippen LogP contribution is -2.21. The van der Waals surface area contributed by atoms with E-state index in [1.165, 1.54) is 0 Å². The van der Waals surface area contributed by atoms with Crippen LogP contribution in [0.2, 0.25) is 0 Å². The molecule has 0 bridgehead atoms. The van der Waals surface area contributed by atoms with Gasteiger partial charge in [0.15, 0.2) is 6.29 Å². The number of pyridine rings is 1. The highest BCUT2D eigenvalue weighted by molar-refractivity contribution is 5.76. The van der Waals surface area contributed by atoms with Gasteiger partial charge in [-0.3, -0.25) is 9.78 Å². The molecule has 76 valence electrons. The van der Waals surface area contributed by atoms with Gasteiger partial charge in [0, 0.05) is 17.8 Å². The first-order valence-corrected chi connectivity index (χ1v) is 4.84. The molecule has 0 aromatic carbocycles. The predicted octanol–water partition coefficient (Wildman–Crippen LogP) is 1.43. The number of carbonyl (C=O) groups excluding carboxylic acids is 1. The molecule has 3 heteroatoms. The summed E-state index contributed by atoms with van der Waals surface area (Å²) >= 11 is 0. The van der Waals surface area contributed by atoms with Crippen LogP contribution < -0.4 is 5.32 Å². The summed E-state index contributed by atoms with van der Waals surface area (Å²) in [5, 5.41) is 3.16. The predicted molar refractivity (Wildman–Crippen MR) is 56.5 cm³/mol. The number of hydrogen-bond donors (Lipinski definition) is 1. The van der Waals surface area contributed by atoms with E-state index in [0.29, 0.717) is 11.6 Å². The van der Waals surface area contributed by atoms with Crippen LogP contribution in [0.3, 0.4) is 0 Å². The molecule has 0 amide bonds. The molecule has 1 atom stereocenters. The van der Waals surface area contributed by atoms with Crippen molar-refractivity contribution in [2.24, 2.45) is 0 Å². The van der Waals surface area contributed by atoms with Crippen LogP contribution in [0.25, 0.3) is 0 Å². The van der Waals surface area contributed by atoms with Gasteiger partial charge in [0.25, 0.3) is 0 Å². The number of nitrogens with one attached hydrogen (secondary N) is 1. The minimum Gasteiger partial charge on any atom is -0.317 e. The fourth-order valence-electron chi connectivity index (χ4n) is 1.26. The van der Waals surface area contributed by atoms with Crippen LogP contribution >= 0.6 is 0 Å². The smallest absolute Gasteiger partial charge is 0.151 e. The first kappa shape index (κ1) is 10.9. The molecule has 1 rings (SSSR count). The van der Waals surface area contributed by atoms with Gasteiger partial charge in [-0.05, 0) is 38.9 Å². The van der Waals surface area contributed by atoms with Crippen LogP contribution in [-0.4, -0.2) is 24.4 Å². The highest BCUT2D eigenvalue weighted by Gasteiger charge is 2.04. The molecule has 0 fully saturated rings. The van der Waals surface area contributed by atoms with Gasteiger partial charge in [0.1, 0.15) is 0 Å². The van der Waals surface area contributed by atoms with Crippen molar-refractivity contribution >= 4 is 6.29 Å². The van der Waals surface area contributed by atoms with Gasteiger partial charge in [-0.25, -0.2) is 0 Å². The van der Waals surface area contributed by atoms with Crippen molar-refractivity contribution in [1.29, 1.82) is 0 Å². The maximum absolute atomic E-state index is 10.7. The largest absolute Gasteiger partial charge is 0.317 e. The molecule has 0 aliphatic rings. The first-order valence-electron chi connectivity index (χ1n) is 4.84. The monoisotopic (exact) mass is 192 g/mol. The number of aryl methyl sites for hydroxylation is 1. The summed E-state index contributed by atoms with van der Waals surface area (Å²) in [6, 6.07) is 4.05. The van der Waals surface area contributed by atoms with Crippen molar-refractivity contribution in [2.45, 2.75) is 25.8 Å². The Morgan fingerprint density at radius 3 is 3.07 bits per heavy atom. The van der Waals surface area contributed by atoms with Crippen molar-refractivity contribution in [3.63, 3.8) is 0 Å². The van der Waals surface area contributed by atoms with Crippen molar-refractivity contribution < 1.29 is 4.79 Å². The first-order chi connectivity index (χ1) is 6.77. The van der Waals surface area contributed by atoms with Gasteiger partial charge in [0.2, 0.25) is 0 Å². The average Bonchev–Trinajstić information content (AvgIpc) is 2.26. The Balaban J connectivity index is 2.61. The molecule has 1 aromatic heterocycles. The number of aromatic nitrogens is 1. The van der Waals surface area contributed by atoms with E-state index in [0.717, 1.165) is 24.8 Å². The second-order valence-corrected chi connectivity index (χ2v) is 3.39. The van der Waals surface area contributed by atoms with E-state index in [4.69, 9.17) is 0 Å². The van der Waals surface area contributed by atoms with Gasteiger partial charge in [-0.2, -0.15) is 0 Å². The van der Waals surface area contributed by atoms with Crippen LogP contribution in [0.1, 0.15) is 29.4 Å². The molecule has 0 aliphatic heterocycles. The van der Waals surface area contributed by atoms with E-state index < -0.39 is 0 Å². The lowest BCUT2D eigenvalue weighted by molar-refractivity contribution is 0.112. The third-order valence-electron chi connectivity index (χ3n) is 2.36. The topological polar surface area (TPSA) is 42.0 Å². The zero-order chi connectivity index (χ0) is 10.4. The summed E-state index contributed by atoms with van der Waals surface area (Å²) in [4.78, 5) is 14.9. The van der Waals surface area contributed by atoms with E-state index in [1.54, 1.807) is 18.3 Å². The molecule has 3 nitrogen and oxygen atoms in total. The Hall–Kier alpha value is -1.22. The summed E-state index contributed by atoms with van der Waals surface area (Å²) in [5.74, 6) is 0. The number of carbonyl (C=O) groups is 1. The minimum atomic E-state index is 0.455. The number of nitrogens with zero attached hydrogens (tertiary/aromatic N) is 1. The number of rotatable bonds is 5. The third kappa shape index (κ3) is 2.92. The second kappa shape index (κ2) is 5.50. The van der Waals surface area contributed by atoms with Crippen LogP contribution in [0.4, 0.5) is 0 Å². The van der Waals surface area contributed by atoms with Crippen molar-refractivity contribution in [3.8, 4) is 0 Å². The molecular formula is C11H16N2O. The van der Waals surface area contributed by atoms with Gasteiger partial charge in [0.05, 0.1) is 5.69 Å². The molecule has 0 saturated carbocycles. The van der Waals surface area contributed by atoms with E-state index >= 15 is 0 Å². The van der Waals surface area contributed by atoms with Crippen molar-refractivity contribution in [1.82, 2.24) is 10.3 Å². The lowest BCUT2D eigenvalue weighted by Gasteiger charge is -2.09. The molecule has 0 aliphatic carbocycles. The highest BCUT2D eigenvalue weighted by Crippen LogP contribution is 2.06. The van der Waals surface area contributed by atoms with E-state index in [1.807, 2.05) is 7.05 Å². The standard InChI is InChI=1S/C11H16N2O/c1-9(12-2)5-6-11-10(8-14)4-3-7-13-11/h3-4,7-9,12H,5-6H2,1-2H3. The quantitative estimate of drug-likeness (QED) is 0.718. The van der Waals surface area contributed by atoms with Gasteiger partial charge in [-0.15, -0.1) is 0 Å². The summed E-state index contributed by atoms with van der Waals surface area (Å²) in [7, 11) is 1.93. The Kier molecular flexibility index (Phi) is 4.26. The molecule has 1 heterocycles. The van der Waals surface area contributed by atoms with E-state index in [9.17, 15) is 4.79 Å². The Morgan fingerprint density at radius 2 is 2.43 bits per heavy atom. The lowest BCUT2D eigenvalue weighted by atomic mass is 10.1. The van der Waals surface area contributed by atoms with Gasteiger partial charge in [-0.1, -0.05) is 0 Å². The second-order valence-electron chi connectivity index (χ2n) is 3.39. The maximum atomic E-state index is 10.7. The molecule has 1 aromatic rings. The summed E-state index contributed by atoms with van der Waals surface area (Å²) in [5.41, 5.74) is 1.60. The zero-order valence-electron chi connectivity index (χ0n) is 8.66. The van der Waals surface area contributed by atoms with E-state index in [-0.39, 0.29) is 0 Å². The molecule has 0 saturated heterocycles. The summed E-state index contributed by atoms with van der Waals surface area (Å²) in [6.45, 7) is 2.11. The molecule has 0 radical (unpaired) electrons. The molecule has 14 heavy (non-hydrogen) atoms. The Bertz CT molecular complexity index is 299. The summed E-state index contributed by atoms with van der Waals surface area (Å²) < 4.78 is 0. The van der Waals surface area contributed by atoms with Crippen LogP contribution in [-0.2, 0) is 6.42 Å². The normalized spacial score (nSPS) is 12.4. The minimum absolute atomic E-state index is 0.455. The molecule has 0 spiro atoms. The van der Waals surface area contributed by atoms with Crippen molar-refractivity contribution in [2.75, 3.05) is 7.05 Å². The Morgan fingerprint density at radius 1 is 1.64 bits per heavy atom. The van der Waals surface area contributed by atoms with Crippen molar-refractivity contribution in [3.05, 3.63) is 29.6 Å². The maximum Gasteiger partial charge on any atom is 0.151 e. The van der Waals surface area contributed by atoms with Gasteiger partial charge >= 0.3 is 0 Å². The van der Waals surface area contributed by atoms with E-state index in [2.05, 4.69) is 17.2 Å². The Labute approximate surface area is 84.6 Å². The van der Waals surface area contributed by atoms with Crippen LogP contribution in [0.5, 0.6) is 0 Å². The fourth-order valence-corrected chi connectivity index (χ4v) is 1.26. The van der Waals surface area contributed by atoms with Crippen LogP contribution in [0, 0.1) is 0 Å². The number of aldehydes is 1. The zero-order valence-corrected chi connectivity index (χ0v) is 8.66. The van der Waals surface area contributed by atoms with Gasteiger partial charge < -0.3 is 5.32 Å². The molecular weight excluding hydrogens is 176 g/mol. The number of hydrogen-bond acceptors (Lipinski definition) is 3. The molecule has 1 unspecified atom stereocenters. The van der Waals surface area contributed by atoms with Crippen LogP contribution in [0.15, 0.2) is 18.3 Å².